The predicted molar refractivity (Wildman–Crippen MR) is 57.6 cm³/mol. The van der Waals surface area contributed by atoms with Gasteiger partial charge in [0.15, 0.2) is 0 Å². The second-order valence-corrected chi connectivity index (χ2v) is 3.02. The van der Waals surface area contributed by atoms with Crippen LogP contribution in [0.3, 0.4) is 0 Å². The van der Waals surface area contributed by atoms with Crippen LogP contribution >= 0.6 is 0 Å². The Hall–Kier alpha value is -2.37. The van der Waals surface area contributed by atoms with Crippen molar-refractivity contribution in [3.63, 3.8) is 0 Å². The summed E-state index contributed by atoms with van der Waals surface area (Å²) in [5.74, 6) is 0.636. The first-order valence-corrected chi connectivity index (χ1v) is 4.58. The molecule has 0 radical (unpaired) electrons. The fourth-order valence-electron chi connectivity index (χ4n) is 1.33. The first kappa shape index (κ1) is 10.2. The van der Waals surface area contributed by atoms with Gasteiger partial charge in [-0.05, 0) is 6.07 Å². The zero-order valence-electron chi connectivity index (χ0n) is 8.62. The second kappa shape index (κ2) is 4.43. The van der Waals surface area contributed by atoms with E-state index in [2.05, 4.69) is 15.4 Å². The molecule has 0 unspecified atom stereocenters. The quantitative estimate of drug-likeness (QED) is 0.772. The minimum atomic E-state index is 0.611. The highest BCUT2D eigenvalue weighted by Crippen LogP contribution is 2.22. The van der Waals surface area contributed by atoms with Crippen molar-refractivity contribution >= 4 is 12.1 Å². The molecular weight excluding hydrogens is 208 g/mol. The molecule has 0 aliphatic heterocycles. The lowest BCUT2D eigenvalue weighted by Crippen LogP contribution is -1.99. The second-order valence-electron chi connectivity index (χ2n) is 3.02. The lowest BCUT2D eigenvalue weighted by atomic mass is 10.2. The van der Waals surface area contributed by atoms with Crippen LogP contribution < -0.4 is 10.1 Å². The number of amides is 1. The maximum Gasteiger partial charge on any atom is 0.211 e. The van der Waals surface area contributed by atoms with E-state index in [0.29, 0.717) is 17.8 Å². The molecule has 0 fully saturated rings. The van der Waals surface area contributed by atoms with Gasteiger partial charge in [0, 0.05) is 17.8 Å². The summed E-state index contributed by atoms with van der Waals surface area (Å²) < 4.78 is 6.70. The van der Waals surface area contributed by atoms with Gasteiger partial charge < -0.3 is 10.1 Å². The third-order valence-electron chi connectivity index (χ3n) is 2.04. The van der Waals surface area contributed by atoms with Crippen molar-refractivity contribution in [2.75, 3.05) is 12.4 Å². The molecule has 1 N–H and O–H groups in total. The molecule has 82 valence electrons. The molecule has 16 heavy (non-hydrogen) atoms. The number of carbonyl (C=O) groups is 1. The molecule has 0 spiro atoms. The highest BCUT2D eigenvalue weighted by molar-refractivity contribution is 5.73. The first-order valence-electron chi connectivity index (χ1n) is 4.58. The standard InChI is InChI=1S/C10H10N4O2/c1-16-10-3-8(12-7-15)2-9(4-10)14-6-11-5-13-14/h2-7H,1H3,(H,12,15). The van der Waals surface area contributed by atoms with Crippen molar-refractivity contribution in [3.05, 3.63) is 30.9 Å². The van der Waals surface area contributed by atoms with Gasteiger partial charge in [-0.25, -0.2) is 9.67 Å². The van der Waals surface area contributed by atoms with Crippen LogP contribution in [0.4, 0.5) is 5.69 Å². The number of hydrogen-bond donors (Lipinski definition) is 1. The zero-order valence-corrected chi connectivity index (χ0v) is 8.62. The lowest BCUT2D eigenvalue weighted by Gasteiger charge is -2.07. The van der Waals surface area contributed by atoms with Crippen LogP contribution in [0.15, 0.2) is 30.9 Å². The number of rotatable bonds is 4. The van der Waals surface area contributed by atoms with E-state index in [-0.39, 0.29) is 0 Å². The first-order chi connectivity index (χ1) is 7.83. The molecule has 2 aromatic rings. The number of ether oxygens (including phenoxy) is 1. The van der Waals surface area contributed by atoms with E-state index in [1.54, 1.807) is 36.3 Å². The van der Waals surface area contributed by atoms with E-state index in [9.17, 15) is 4.79 Å². The van der Waals surface area contributed by atoms with Gasteiger partial charge in [0.2, 0.25) is 6.41 Å². The Morgan fingerprint density at radius 3 is 2.94 bits per heavy atom. The molecule has 1 aromatic carbocycles. The topological polar surface area (TPSA) is 69.0 Å². The maximum atomic E-state index is 10.4. The molecule has 0 aliphatic rings. The number of benzene rings is 1. The number of methoxy groups -OCH3 is 1. The van der Waals surface area contributed by atoms with Gasteiger partial charge in [-0.1, -0.05) is 0 Å². The average Bonchev–Trinajstić information content (AvgIpc) is 2.82. The highest BCUT2D eigenvalue weighted by Gasteiger charge is 2.03. The highest BCUT2D eigenvalue weighted by atomic mass is 16.5. The van der Waals surface area contributed by atoms with E-state index in [0.717, 1.165) is 5.69 Å². The van der Waals surface area contributed by atoms with E-state index < -0.39 is 0 Å². The van der Waals surface area contributed by atoms with Crippen molar-refractivity contribution in [1.29, 1.82) is 0 Å². The van der Waals surface area contributed by atoms with E-state index >= 15 is 0 Å². The van der Waals surface area contributed by atoms with Crippen molar-refractivity contribution in [1.82, 2.24) is 14.8 Å². The molecular formula is C10H10N4O2. The molecule has 0 saturated heterocycles. The number of anilines is 1. The minimum Gasteiger partial charge on any atom is -0.497 e. The van der Waals surface area contributed by atoms with Crippen molar-refractivity contribution < 1.29 is 9.53 Å². The van der Waals surface area contributed by atoms with Crippen LogP contribution in [0, 0.1) is 0 Å². The summed E-state index contributed by atoms with van der Waals surface area (Å²) in [4.78, 5) is 14.2. The van der Waals surface area contributed by atoms with Gasteiger partial charge in [0.1, 0.15) is 18.4 Å². The van der Waals surface area contributed by atoms with Gasteiger partial charge in [-0.3, -0.25) is 4.79 Å². The van der Waals surface area contributed by atoms with E-state index in [1.165, 1.54) is 6.33 Å². The summed E-state index contributed by atoms with van der Waals surface area (Å²) in [7, 11) is 1.56. The molecule has 0 bridgehead atoms. The van der Waals surface area contributed by atoms with E-state index in [4.69, 9.17) is 4.74 Å². The smallest absolute Gasteiger partial charge is 0.211 e. The monoisotopic (exact) mass is 218 g/mol. The summed E-state index contributed by atoms with van der Waals surface area (Å²) in [5.41, 5.74) is 1.40. The van der Waals surface area contributed by atoms with Crippen LogP contribution in [-0.2, 0) is 4.79 Å². The molecule has 6 heteroatoms. The summed E-state index contributed by atoms with van der Waals surface area (Å²) >= 11 is 0. The summed E-state index contributed by atoms with van der Waals surface area (Å²) in [6.45, 7) is 0. The predicted octanol–water partition coefficient (Wildman–Crippen LogP) is 0.844. The fraction of sp³-hybridized carbons (Fsp3) is 0.100. The van der Waals surface area contributed by atoms with Gasteiger partial charge in [-0.15, -0.1) is 0 Å². The van der Waals surface area contributed by atoms with Crippen LogP contribution in [0.5, 0.6) is 5.75 Å². The maximum absolute atomic E-state index is 10.4. The van der Waals surface area contributed by atoms with Crippen molar-refractivity contribution in [2.24, 2.45) is 0 Å². The molecule has 0 saturated carbocycles. The largest absolute Gasteiger partial charge is 0.497 e. The summed E-state index contributed by atoms with van der Waals surface area (Å²) in [6.07, 6.45) is 3.62. The van der Waals surface area contributed by atoms with Crippen LogP contribution in [0.2, 0.25) is 0 Å². The van der Waals surface area contributed by atoms with Gasteiger partial charge in [0.05, 0.1) is 12.8 Å². The van der Waals surface area contributed by atoms with Crippen LogP contribution in [-0.4, -0.2) is 28.3 Å². The number of hydrogen-bond acceptors (Lipinski definition) is 4. The lowest BCUT2D eigenvalue weighted by molar-refractivity contribution is -0.105. The Bertz CT molecular complexity index is 482. The Morgan fingerprint density at radius 1 is 1.44 bits per heavy atom. The number of carbonyl (C=O) groups excluding carboxylic acids is 1. The summed E-state index contributed by atoms with van der Waals surface area (Å²) in [6, 6.07) is 5.28. The Kier molecular flexibility index (Phi) is 2.81. The molecule has 0 atom stereocenters. The van der Waals surface area contributed by atoms with Gasteiger partial charge >= 0.3 is 0 Å². The van der Waals surface area contributed by atoms with Crippen LogP contribution in [0.1, 0.15) is 0 Å². The molecule has 2 rings (SSSR count). The minimum absolute atomic E-state index is 0.611. The third kappa shape index (κ3) is 2.00. The Morgan fingerprint density at radius 2 is 2.31 bits per heavy atom. The van der Waals surface area contributed by atoms with Gasteiger partial charge in [0.25, 0.3) is 0 Å². The fourth-order valence-corrected chi connectivity index (χ4v) is 1.33. The third-order valence-corrected chi connectivity index (χ3v) is 2.04. The number of nitrogens with one attached hydrogen (secondary N) is 1. The van der Waals surface area contributed by atoms with Crippen molar-refractivity contribution in [2.45, 2.75) is 0 Å². The zero-order chi connectivity index (χ0) is 11.4. The summed E-state index contributed by atoms with van der Waals surface area (Å²) in [5, 5.41) is 6.56. The molecule has 6 nitrogen and oxygen atoms in total. The average molecular weight is 218 g/mol. The van der Waals surface area contributed by atoms with Crippen LogP contribution in [0.25, 0.3) is 5.69 Å². The Balaban J connectivity index is 2.44. The Labute approximate surface area is 91.9 Å². The van der Waals surface area contributed by atoms with Crippen molar-refractivity contribution in [3.8, 4) is 11.4 Å². The van der Waals surface area contributed by atoms with Gasteiger partial charge in [-0.2, -0.15) is 5.10 Å². The SMILES string of the molecule is COc1cc(NC=O)cc(-n2cncn2)c1. The number of aromatic nitrogens is 3. The molecule has 0 aliphatic carbocycles. The number of nitrogens with zero attached hydrogens (tertiary/aromatic N) is 3. The normalized spacial score (nSPS) is 9.81. The molecule has 1 heterocycles. The molecule has 1 amide bonds. The molecule has 1 aromatic heterocycles. The van der Waals surface area contributed by atoms with E-state index in [1.807, 2.05) is 0 Å².